The second kappa shape index (κ2) is 9.85. The number of fused-ring (bicyclic) bond motifs is 2. The van der Waals surface area contributed by atoms with Crippen LogP contribution in [0.1, 0.15) is 31.4 Å². The van der Waals surface area contributed by atoms with Crippen LogP contribution in [0.25, 0.3) is 11.0 Å². The zero-order valence-electron chi connectivity index (χ0n) is 19.0. The molecule has 1 atom stereocenters. The molecule has 13 heteroatoms. The van der Waals surface area contributed by atoms with E-state index in [1.165, 1.54) is 22.9 Å². The maximum atomic E-state index is 13.5. The van der Waals surface area contributed by atoms with E-state index in [1.54, 1.807) is 18.2 Å². The van der Waals surface area contributed by atoms with Gasteiger partial charge in [-0.25, -0.2) is 9.71 Å². The lowest BCUT2D eigenvalue weighted by atomic mass is 10.1. The predicted octanol–water partition coefficient (Wildman–Crippen LogP) is 1.64. The summed E-state index contributed by atoms with van der Waals surface area (Å²) in [4.78, 5) is 17.6. The van der Waals surface area contributed by atoms with Crippen molar-refractivity contribution in [2.45, 2.75) is 38.1 Å². The van der Waals surface area contributed by atoms with Crippen molar-refractivity contribution in [3.63, 3.8) is 0 Å². The van der Waals surface area contributed by atoms with Gasteiger partial charge >= 0.3 is 0 Å². The highest BCUT2D eigenvalue weighted by Crippen LogP contribution is 2.32. The Morgan fingerprint density at radius 1 is 1.29 bits per heavy atom. The van der Waals surface area contributed by atoms with Crippen LogP contribution < -0.4 is 15.6 Å². The Bertz CT molecular complexity index is 1510. The summed E-state index contributed by atoms with van der Waals surface area (Å²) in [5, 5.41) is 14.1. The molecule has 3 N–H and O–H groups in total. The second-order valence-corrected chi connectivity index (χ2v) is 10.8. The highest BCUT2D eigenvalue weighted by molar-refractivity contribution is 7.90. The van der Waals surface area contributed by atoms with Crippen molar-refractivity contribution in [1.82, 2.24) is 14.3 Å². The number of benzene rings is 1. The van der Waals surface area contributed by atoms with Crippen LogP contribution in [0.3, 0.4) is 0 Å². The van der Waals surface area contributed by atoms with Crippen LogP contribution in [0, 0.1) is 5.92 Å². The zero-order chi connectivity index (χ0) is 25.3. The summed E-state index contributed by atoms with van der Waals surface area (Å²) >= 11 is -2.42. The minimum Gasteiger partial charge on any atom is -0.760 e. The Hall–Kier alpha value is -3.13. The van der Waals surface area contributed by atoms with E-state index in [9.17, 15) is 27.1 Å². The number of rotatable bonds is 8. The molecule has 0 bridgehead atoms. The molecular weight excluding hydrogens is 494 g/mol. The number of anilines is 1. The molecule has 1 aliphatic heterocycles. The van der Waals surface area contributed by atoms with Crippen molar-refractivity contribution in [3.8, 4) is 5.75 Å². The second-order valence-electron chi connectivity index (χ2n) is 8.49. The van der Waals surface area contributed by atoms with Gasteiger partial charge < -0.3 is 15.0 Å². The number of aryl methyl sites for hydroxylation is 1. The van der Waals surface area contributed by atoms with Crippen LogP contribution in [0.15, 0.2) is 50.6 Å². The van der Waals surface area contributed by atoms with E-state index in [0.29, 0.717) is 35.5 Å². The number of aromatic hydroxyl groups is 1. The van der Waals surface area contributed by atoms with Crippen LogP contribution >= 0.6 is 0 Å². The number of hydrogen-bond acceptors (Lipinski definition) is 8. The quantitative estimate of drug-likeness (QED) is 0.379. The van der Waals surface area contributed by atoms with Crippen LogP contribution in [-0.4, -0.2) is 44.2 Å². The number of nitrogens with zero attached hydrogens (tertiary/aromatic N) is 3. The molecule has 0 saturated carbocycles. The van der Waals surface area contributed by atoms with Gasteiger partial charge in [-0.05, 0) is 48.6 Å². The van der Waals surface area contributed by atoms with Gasteiger partial charge in [0, 0.05) is 30.6 Å². The van der Waals surface area contributed by atoms with Crippen molar-refractivity contribution in [2.24, 2.45) is 10.3 Å². The third kappa shape index (κ3) is 5.12. The average Bonchev–Trinajstić information content (AvgIpc) is 2.78. The number of aromatic nitrogens is 2. The number of sulfonamides is 1. The lowest BCUT2D eigenvalue weighted by Gasteiger charge is -2.21. The molecule has 1 unspecified atom stereocenters. The third-order valence-electron chi connectivity index (χ3n) is 5.58. The molecule has 0 amide bonds. The van der Waals surface area contributed by atoms with E-state index in [1.807, 2.05) is 13.8 Å². The predicted molar refractivity (Wildman–Crippen MR) is 132 cm³/mol. The van der Waals surface area contributed by atoms with E-state index in [2.05, 4.69) is 19.4 Å². The Balaban J connectivity index is 1.80. The number of nitrogens with one attached hydrogen (secondary N) is 2. The summed E-state index contributed by atoms with van der Waals surface area (Å²) in [5.74, 6) is -0.384. The molecule has 0 saturated heterocycles. The molecule has 0 spiro atoms. The molecule has 11 nitrogen and oxygen atoms in total. The van der Waals surface area contributed by atoms with Gasteiger partial charge in [-0.15, -0.1) is 4.40 Å². The minimum absolute atomic E-state index is 0.103. The summed E-state index contributed by atoms with van der Waals surface area (Å²) < 4.78 is 54.8. The fraction of sp³-hybridized carbons (Fsp3) is 0.318. The average molecular weight is 519 g/mol. The first-order chi connectivity index (χ1) is 16.6. The molecule has 3 aromatic rings. The Morgan fingerprint density at radius 3 is 2.77 bits per heavy atom. The first kappa shape index (κ1) is 25.0. The largest absolute Gasteiger partial charge is 0.760 e. The lowest BCUT2D eigenvalue weighted by Crippen LogP contribution is -2.33. The highest BCUT2D eigenvalue weighted by Gasteiger charge is 2.30. The van der Waals surface area contributed by atoms with E-state index in [-0.39, 0.29) is 34.9 Å². The van der Waals surface area contributed by atoms with Crippen LogP contribution in [-0.2, 0) is 34.3 Å². The van der Waals surface area contributed by atoms with Gasteiger partial charge in [0.1, 0.15) is 21.9 Å². The van der Waals surface area contributed by atoms with Gasteiger partial charge in [-0.1, -0.05) is 19.9 Å². The first-order valence-electron chi connectivity index (χ1n) is 10.9. The molecular formula is C22H24N5O6S2-. The molecule has 0 radical (unpaired) electrons. The van der Waals surface area contributed by atoms with Gasteiger partial charge in [0.05, 0.1) is 11.1 Å². The molecule has 0 fully saturated rings. The fourth-order valence-corrected chi connectivity index (χ4v) is 5.26. The van der Waals surface area contributed by atoms with Gasteiger partial charge in [0.15, 0.2) is 5.84 Å². The molecule has 2 aromatic heterocycles. The SMILES string of the molecule is CC(C)CCn1c(=O)c(C2=NS(=O)(=O)c3cc(CCNS(=O)[O-])ccc3N2)c(O)c2cccnc21. The third-order valence-corrected chi connectivity index (χ3v) is 7.34. The summed E-state index contributed by atoms with van der Waals surface area (Å²) in [6.07, 6.45) is 2.46. The van der Waals surface area contributed by atoms with Crippen molar-refractivity contribution in [2.75, 3.05) is 11.9 Å². The van der Waals surface area contributed by atoms with Crippen molar-refractivity contribution in [3.05, 3.63) is 58.0 Å². The Labute approximate surface area is 204 Å². The first-order valence-corrected chi connectivity index (χ1v) is 13.4. The zero-order valence-corrected chi connectivity index (χ0v) is 20.6. The molecule has 0 aliphatic carbocycles. The number of amidine groups is 1. The highest BCUT2D eigenvalue weighted by atomic mass is 32.2. The van der Waals surface area contributed by atoms with Gasteiger partial charge in [0.2, 0.25) is 0 Å². The van der Waals surface area contributed by atoms with E-state index >= 15 is 0 Å². The fourth-order valence-electron chi connectivity index (χ4n) is 3.82. The van der Waals surface area contributed by atoms with Crippen LogP contribution in [0.5, 0.6) is 5.75 Å². The molecule has 3 heterocycles. The maximum Gasteiger partial charge on any atom is 0.286 e. The Morgan fingerprint density at radius 2 is 2.06 bits per heavy atom. The van der Waals surface area contributed by atoms with E-state index in [4.69, 9.17) is 0 Å². The monoisotopic (exact) mass is 518 g/mol. The standard InChI is InChI=1S/C22H25N5O6S2/c1-13(2)8-11-27-21-15(4-3-9-23-21)19(28)18(22(27)29)20-25-16-6-5-14(7-10-24-34(30)31)12-17(16)35(32,33)26-20/h3-6,9,12-13,24,28H,7-8,10-11H2,1-2H3,(H,25,26)(H,30,31)/p-1. The normalized spacial score (nSPS) is 15.5. The summed E-state index contributed by atoms with van der Waals surface area (Å²) in [5.41, 5.74) is 0.220. The molecule has 186 valence electrons. The van der Waals surface area contributed by atoms with Crippen molar-refractivity contribution in [1.29, 1.82) is 0 Å². The number of hydrogen-bond donors (Lipinski definition) is 3. The molecule has 1 aromatic carbocycles. The summed E-state index contributed by atoms with van der Waals surface area (Å²) in [6.45, 7) is 4.47. The summed E-state index contributed by atoms with van der Waals surface area (Å²) in [6, 6.07) is 7.78. The van der Waals surface area contributed by atoms with E-state index < -0.39 is 32.6 Å². The Kier molecular flexibility index (Phi) is 7.03. The van der Waals surface area contributed by atoms with Gasteiger partial charge in [-0.2, -0.15) is 8.42 Å². The molecule has 4 rings (SSSR count). The lowest BCUT2D eigenvalue weighted by molar-refractivity contribution is 0.473. The topological polar surface area (TPSA) is 166 Å². The van der Waals surface area contributed by atoms with Crippen LogP contribution in [0.2, 0.25) is 0 Å². The van der Waals surface area contributed by atoms with Crippen LogP contribution in [0.4, 0.5) is 5.69 Å². The summed E-state index contributed by atoms with van der Waals surface area (Å²) in [7, 11) is -4.22. The van der Waals surface area contributed by atoms with Gasteiger partial charge in [-0.3, -0.25) is 13.6 Å². The maximum absolute atomic E-state index is 13.5. The van der Waals surface area contributed by atoms with Crippen molar-refractivity contribution < 1.29 is 22.3 Å². The minimum atomic E-state index is -4.22. The molecule has 1 aliphatic rings. The van der Waals surface area contributed by atoms with Gasteiger partial charge in [0.25, 0.3) is 15.6 Å². The van der Waals surface area contributed by atoms with E-state index in [0.717, 1.165) is 0 Å². The smallest absolute Gasteiger partial charge is 0.286 e. The molecule has 35 heavy (non-hydrogen) atoms. The number of pyridine rings is 2. The van der Waals surface area contributed by atoms with Crippen molar-refractivity contribution >= 4 is 43.8 Å².